The Balaban J connectivity index is 2.39. The van der Waals surface area contributed by atoms with Crippen molar-refractivity contribution in [1.82, 2.24) is 0 Å². The SMILES string of the molecule is NC/C=C/c1ccc2c(c1F)CCC2. The molecule has 0 heterocycles. The Morgan fingerprint density at radius 3 is 3.00 bits per heavy atom. The van der Waals surface area contributed by atoms with Gasteiger partial charge in [-0.15, -0.1) is 0 Å². The molecule has 1 aliphatic carbocycles. The van der Waals surface area contributed by atoms with Crippen LogP contribution in [0.4, 0.5) is 4.39 Å². The molecule has 2 N–H and O–H groups in total. The average Bonchev–Trinajstić information content (AvgIpc) is 2.66. The largest absolute Gasteiger partial charge is 0.327 e. The predicted molar refractivity (Wildman–Crippen MR) is 56.5 cm³/mol. The Labute approximate surface area is 83.4 Å². The van der Waals surface area contributed by atoms with Gasteiger partial charge in [0.2, 0.25) is 0 Å². The van der Waals surface area contributed by atoms with Gasteiger partial charge in [-0.2, -0.15) is 0 Å². The van der Waals surface area contributed by atoms with Crippen molar-refractivity contribution >= 4 is 6.08 Å². The van der Waals surface area contributed by atoms with Crippen LogP contribution in [0.5, 0.6) is 0 Å². The first-order valence-electron chi connectivity index (χ1n) is 5.00. The van der Waals surface area contributed by atoms with E-state index in [9.17, 15) is 4.39 Å². The number of rotatable bonds is 2. The summed E-state index contributed by atoms with van der Waals surface area (Å²) in [7, 11) is 0. The third-order valence-electron chi connectivity index (χ3n) is 2.68. The molecule has 0 spiro atoms. The molecule has 0 radical (unpaired) electrons. The number of nitrogens with two attached hydrogens (primary N) is 1. The summed E-state index contributed by atoms with van der Waals surface area (Å²) in [5, 5.41) is 0. The van der Waals surface area contributed by atoms with Gasteiger partial charge in [0.25, 0.3) is 0 Å². The summed E-state index contributed by atoms with van der Waals surface area (Å²) in [4.78, 5) is 0. The lowest BCUT2D eigenvalue weighted by Crippen LogP contribution is -1.95. The van der Waals surface area contributed by atoms with Gasteiger partial charge < -0.3 is 5.73 Å². The smallest absolute Gasteiger partial charge is 0.133 e. The molecule has 1 aliphatic rings. The summed E-state index contributed by atoms with van der Waals surface area (Å²) < 4.78 is 13.8. The van der Waals surface area contributed by atoms with Crippen molar-refractivity contribution in [1.29, 1.82) is 0 Å². The van der Waals surface area contributed by atoms with Crippen LogP contribution in [0.1, 0.15) is 23.1 Å². The summed E-state index contributed by atoms with van der Waals surface area (Å²) in [5.41, 5.74) is 8.07. The Bertz CT molecular complexity index is 369. The fourth-order valence-corrected chi connectivity index (χ4v) is 1.96. The Morgan fingerprint density at radius 1 is 1.36 bits per heavy atom. The van der Waals surface area contributed by atoms with Gasteiger partial charge in [0.15, 0.2) is 0 Å². The van der Waals surface area contributed by atoms with Crippen molar-refractivity contribution in [2.75, 3.05) is 6.54 Å². The predicted octanol–water partition coefficient (Wildman–Crippen LogP) is 2.29. The highest BCUT2D eigenvalue weighted by atomic mass is 19.1. The number of fused-ring (bicyclic) bond motifs is 1. The van der Waals surface area contributed by atoms with E-state index in [2.05, 4.69) is 0 Å². The Kier molecular flexibility index (Phi) is 2.64. The van der Waals surface area contributed by atoms with E-state index in [1.165, 1.54) is 5.56 Å². The molecule has 0 atom stereocenters. The van der Waals surface area contributed by atoms with Crippen LogP contribution >= 0.6 is 0 Å². The quantitative estimate of drug-likeness (QED) is 0.762. The maximum absolute atomic E-state index is 13.8. The fraction of sp³-hybridized carbons (Fsp3) is 0.333. The van der Waals surface area contributed by atoms with E-state index in [-0.39, 0.29) is 5.82 Å². The minimum Gasteiger partial charge on any atom is -0.327 e. The van der Waals surface area contributed by atoms with Crippen LogP contribution in [0.2, 0.25) is 0 Å². The van der Waals surface area contributed by atoms with Crippen LogP contribution in [0.15, 0.2) is 18.2 Å². The number of benzene rings is 1. The molecule has 0 amide bonds. The third-order valence-corrected chi connectivity index (χ3v) is 2.68. The van der Waals surface area contributed by atoms with E-state index in [0.717, 1.165) is 24.8 Å². The summed E-state index contributed by atoms with van der Waals surface area (Å²) >= 11 is 0. The second kappa shape index (κ2) is 3.93. The van der Waals surface area contributed by atoms with Crippen molar-refractivity contribution in [3.63, 3.8) is 0 Å². The molecule has 74 valence electrons. The third kappa shape index (κ3) is 1.58. The molecule has 2 heteroatoms. The molecule has 0 bridgehead atoms. The highest BCUT2D eigenvalue weighted by Crippen LogP contribution is 2.27. The van der Waals surface area contributed by atoms with Gasteiger partial charge >= 0.3 is 0 Å². The van der Waals surface area contributed by atoms with E-state index < -0.39 is 0 Å². The zero-order valence-corrected chi connectivity index (χ0v) is 8.09. The highest BCUT2D eigenvalue weighted by Gasteiger charge is 2.16. The zero-order chi connectivity index (χ0) is 9.97. The van der Waals surface area contributed by atoms with E-state index in [1.54, 1.807) is 12.2 Å². The second-order valence-corrected chi connectivity index (χ2v) is 3.60. The summed E-state index contributed by atoms with van der Waals surface area (Å²) in [6.07, 6.45) is 6.52. The van der Waals surface area contributed by atoms with Crippen LogP contribution < -0.4 is 5.73 Å². The molecule has 1 aromatic rings. The summed E-state index contributed by atoms with van der Waals surface area (Å²) in [5.74, 6) is -0.0512. The van der Waals surface area contributed by atoms with Gasteiger partial charge in [0.1, 0.15) is 5.82 Å². The molecule has 0 aromatic heterocycles. The molecule has 0 saturated carbocycles. The van der Waals surface area contributed by atoms with Gasteiger partial charge in [-0.05, 0) is 30.4 Å². The monoisotopic (exact) mass is 191 g/mol. The minimum atomic E-state index is -0.0512. The number of aryl methyl sites for hydroxylation is 1. The van der Waals surface area contributed by atoms with Crippen LogP contribution in [-0.2, 0) is 12.8 Å². The minimum absolute atomic E-state index is 0.0512. The topological polar surface area (TPSA) is 26.0 Å². The highest BCUT2D eigenvalue weighted by molar-refractivity contribution is 5.54. The normalized spacial score (nSPS) is 15.0. The molecular formula is C12H14FN. The second-order valence-electron chi connectivity index (χ2n) is 3.60. The first-order chi connectivity index (χ1) is 6.83. The Hall–Kier alpha value is -1.15. The molecule has 0 fully saturated rings. The molecule has 1 aromatic carbocycles. The van der Waals surface area contributed by atoms with E-state index in [0.29, 0.717) is 12.1 Å². The van der Waals surface area contributed by atoms with Crippen LogP contribution in [0, 0.1) is 5.82 Å². The molecule has 1 nitrogen and oxygen atoms in total. The Morgan fingerprint density at radius 2 is 2.21 bits per heavy atom. The van der Waals surface area contributed by atoms with Crippen molar-refractivity contribution in [2.24, 2.45) is 5.73 Å². The first-order valence-corrected chi connectivity index (χ1v) is 5.00. The van der Waals surface area contributed by atoms with Gasteiger partial charge in [0.05, 0.1) is 0 Å². The van der Waals surface area contributed by atoms with Crippen LogP contribution in [0.25, 0.3) is 6.08 Å². The maximum Gasteiger partial charge on any atom is 0.133 e. The summed E-state index contributed by atoms with van der Waals surface area (Å²) in [6.45, 7) is 0.455. The van der Waals surface area contributed by atoms with Gasteiger partial charge in [-0.1, -0.05) is 24.3 Å². The molecule has 0 aliphatic heterocycles. The van der Waals surface area contributed by atoms with Crippen molar-refractivity contribution in [3.05, 3.63) is 40.7 Å². The van der Waals surface area contributed by atoms with Crippen molar-refractivity contribution in [2.45, 2.75) is 19.3 Å². The molecule has 14 heavy (non-hydrogen) atoms. The number of hydrogen-bond acceptors (Lipinski definition) is 1. The summed E-state index contributed by atoms with van der Waals surface area (Å²) in [6, 6.07) is 3.87. The van der Waals surface area contributed by atoms with Crippen LogP contribution in [-0.4, -0.2) is 6.54 Å². The fourth-order valence-electron chi connectivity index (χ4n) is 1.96. The van der Waals surface area contributed by atoms with Gasteiger partial charge in [0, 0.05) is 12.1 Å². The molecule has 2 rings (SSSR count). The lowest BCUT2D eigenvalue weighted by molar-refractivity contribution is 0.610. The number of hydrogen-bond donors (Lipinski definition) is 1. The average molecular weight is 191 g/mol. The lowest BCUT2D eigenvalue weighted by Gasteiger charge is -2.03. The molecule has 0 unspecified atom stereocenters. The van der Waals surface area contributed by atoms with E-state index >= 15 is 0 Å². The van der Waals surface area contributed by atoms with Gasteiger partial charge in [-0.25, -0.2) is 4.39 Å². The zero-order valence-electron chi connectivity index (χ0n) is 8.09. The van der Waals surface area contributed by atoms with Crippen LogP contribution in [0.3, 0.4) is 0 Å². The molecular weight excluding hydrogens is 177 g/mol. The van der Waals surface area contributed by atoms with E-state index in [4.69, 9.17) is 5.73 Å². The van der Waals surface area contributed by atoms with Crippen molar-refractivity contribution < 1.29 is 4.39 Å². The van der Waals surface area contributed by atoms with Crippen molar-refractivity contribution in [3.8, 4) is 0 Å². The lowest BCUT2D eigenvalue weighted by atomic mass is 10.0. The maximum atomic E-state index is 13.8. The molecule has 0 saturated heterocycles. The number of halogens is 1. The standard InChI is InChI=1S/C12H14FN/c13-12-10(4-2-8-14)7-6-9-3-1-5-11(9)12/h2,4,6-7H,1,3,5,8,14H2/b4-2+. The van der Waals surface area contributed by atoms with Gasteiger partial charge in [-0.3, -0.25) is 0 Å². The first kappa shape index (κ1) is 9.41. The van der Waals surface area contributed by atoms with E-state index in [1.807, 2.05) is 12.1 Å².